The van der Waals surface area contributed by atoms with Gasteiger partial charge in [0.25, 0.3) is 0 Å². The third kappa shape index (κ3) is 5.16. The summed E-state index contributed by atoms with van der Waals surface area (Å²) in [5.41, 5.74) is 0. The van der Waals surface area contributed by atoms with E-state index in [-0.39, 0.29) is 11.4 Å². The van der Waals surface area contributed by atoms with Crippen LogP contribution in [0, 0.1) is 0 Å². The molecule has 0 spiro atoms. The predicted octanol–water partition coefficient (Wildman–Crippen LogP) is 1.05. The Morgan fingerprint density at radius 2 is 1.85 bits per heavy atom. The SMILES string of the molecule is CCOCCCNS(=O)(=O)c1cccc(S(=O)(=O)F)c1. The highest BCUT2D eigenvalue weighted by atomic mass is 32.3. The average molecular weight is 325 g/mol. The summed E-state index contributed by atoms with van der Waals surface area (Å²) < 4.78 is 65.4. The number of rotatable bonds is 8. The Hall–Kier alpha value is -1.03. The second-order valence-corrected chi connectivity index (χ2v) is 6.98. The number of nitrogens with one attached hydrogen (secondary N) is 1. The summed E-state index contributed by atoms with van der Waals surface area (Å²) in [6, 6.07) is 4.13. The molecule has 0 unspecified atom stereocenters. The second-order valence-electron chi connectivity index (χ2n) is 3.86. The Labute approximate surface area is 118 Å². The van der Waals surface area contributed by atoms with Crippen molar-refractivity contribution in [2.24, 2.45) is 0 Å². The molecule has 1 N–H and O–H groups in total. The van der Waals surface area contributed by atoms with E-state index < -0.39 is 25.1 Å². The van der Waals surface area contributed by atoms with Crippen molar-refractivity contribution < 1.29 is 25.5 Å². The van der Waals surface area contributed by atoms with Crippen LogP contribution in [0.4, 0.5) is 3.89 Å². The molecular formula is C11H16FNO5S2. The Balaban J connectivity index is 2.78. The van der Waals surface area contributed by atoms with Crippen molar-refractivity contribution in [2.75, 3.05) is 19.8 Å². The minimum atomic E-state index is -4.93. The van der Waals surface area contributed by atoms with Gasteiger partial charge in [-0.1, -0.05) is 6.07 Å². The minimum absolute atomic E-state index is 0.148. The van der Waals surface area contributed by atoms with Gasteiger partial charge in [0, 0.05) is 19.8 Å². The van der Waals surface area contributed by atoms with E-state index in [0.717, 1.165) is 12.1 Å². The van der Waals surface area contributed by atoms with Crippen molar-refractivity contribution >= 4 is 20.2 Å². The fourth-order valence-corrected chi connectivity index (χ4v) is 3.10. The molecule has 6 nitrogen and oxygen atoms in total. The highest BCUT2D eigenvalue weighted by Gasteiger charge is 2.18. The number of hydrogen-bond donors (Lipinski definition) is 1. The van der Waals surface area contributed by atoms with Gasteiger partial charge in [0.1, 0.15) is 0 Å². The Kier molecular flexibility index (Phi) is 6.06. The van der Waals surface area contributed by atoms with Gasteiger partial charge in [0.15, 0.2) is 0 Å². The topological polar surface area (TPSA) is 89.5 Å². The van der Waals surface area contributed by atoms with Crippen molar-refractivity contribution in [3.05, 3.63) is 24.3 Å². The largest absolute Gasteiger partial charge is 0.382 e. The summed E-state index contributed by atoms with van der Waals surface area (Å²) in [6.07, 6.45) is 0.480. The number of halogens is 1. The van der Waals surface area contributed by atoms with Gasteiger partial charge >= 0.3 is 10.2 Å². The average Bonchev–Trinajstić information content (AvgIpc) is 2.37. The van der Waals surface area contributed by atoms with Crippen LogP contribution in [0.1, 0.15) is 13.3 Å². The molecule has 0 saturated carbocycles. The van der Waals surface area contributed by atoms with Crippen LogP contribution in [0.25, 0.3) is 0 Å². The molecule has 1 rings (SSSR count). The Morgan fingerprint density at radius 3 is 2.45 bits per heavy atom. The first-order valence-electron chi connectivity index (χ1n) is 5.89. The quantitative estimate of drug-likeness (QED) is 0.570. The fourth-order valence-electron chi connectivity index (χ4n) is 1.40. The van der Waals surface area contributed by atoms with Gasteiger partial charge in [0.05, 0.1) is 9.79 Å². The van der Waals surface area contributed by atoms with E-state index in [0.29, 0.717) is 19.6 Å². The molecule has 20 heavy (non-hydrogen) atoms. The molecular weight excluding hydrogens is 309 g/mol. The van der Waals surface area contributed by atoms with Crippen LogP contribution >= 0.6 is 0 Å². The standard InChI is InChI=1S/C11H16FNO5S2/c1-2-18-8-4-7-13-20(16,17)11-6-3-5-10(9-11)19(12,14)15/h3,5-6,9,13H,2,4,7-8H2,1H3. The van der Waals surface area contributed by atoms with Gasteiger partial charge in [-0.25, -0.2) is 13.1 Å². The molecule has 0 radical (unpaired) electrons. The molecule has 0 aliphatic rings. The Morgan fingerprint density at radius 1 is 1.20 bits per heavy atom. The van der Waals surface area contributed by atoms with Crippen molar-refractivity contribution in [2.45, 2.75) is 23.1 Å². The molecule has 0 aromatic heterocycles. The van der Waals surface area contributed by atoms with Gasteiger partial charge in [-0.15, -0.1) is 3.89 Å². The van der Waals surface area contributed by atoms with E-state index in [4.69, 9.17) is 4.74 Å². The molecule has 0 bridgehead atoms. The zero-order valence-electron chi connectivity index (χ0n) is 10.9. The first-order chi connectivity index (χ1) is 9.27. The van der Waals surface area contributed by atoms with Crippen LogP contribution in [0.5, 0.6) is 0 Å². The van der Waals surface area contributed by atoms with Gasteiger partial charge < -0.3 is 4.74 Å². The highest BCUT2D eigenvalue weighted by molar-refractivity contribution is 7.89. The fraction of sp³-hybridized carbons (Fsp3) is 0.455. The Bertz CT molecular complexity index is 643. The summed E-state index contributed by atoms with van der Waals surface area (Å²) in [5.74, 6) is 0. The van der Waals surface area contributed by atoms with E-state index in [2.05, 4.69) is 4.72 Å². The lowest BCUT2D eigenvalue weighted by Gasteiger charge is -2.07. The lowest BCUT2D eigenvalue weighted by molar-refractivity contribution is 0.146. The molecule has 0 fully saturated rings. The molecule has 0 atom stereocenters. The summed E-state index contributed by atoms with van der Waals surface area (Å²) in [4.78, 5) is -0.984. The maximum Gasteiger partial charge on any atom is 0.332 e. The van der Waals surface area contributed by atoms with Crippen LogP contribution < -0.4 is 4.72 Å². The lowest BCUT2D eigenvalue weighted by atomic mass is 10.4. The normalized spacial score (nSPS) is 12.5. The van der Waals surface area contributed by atoms with Gasteiger partial charge in [-0.3, -0.25) is 0 Å². The van der Waals surface area contributed by atoms with Gasteiger partial charge in [-0.2, -0.15) is 8.42 Å². The number of sulfonamides is 1. The second kappa shape index (κ2) is 7.11. The number of hydrogen-bond acceptors (Lipinski definition) is 5. The highest BCUT2D eigenvalue weighted by Crippen LogP contribution is 2.17. The third-order valence-electron chi connectivity index (χ3n) is 2.36. The van der Waals surface area contributed by atoms with Crippen molar-refractivity contribution in [3.8, 4) is 0 Å². The van der Waals surface area contributed by atoms with Crippen LogP contribution in [-0.2, 0) is 25.0 Å². The van der Waals surface area contributed by atoms with E-state index in [1.165, 1.54) is 12.1 Å². The van der Waals surface area contributed by atoms with E-state index in [1.54, 1.807) is 0 Å². The maximum absolute atomic E-state index is 12.8. The third-order valence-corrected chi connectivity index (χ3v) is 4.63. The van der Waals surface area contributed by atoms with Crippen molar-refractivity contribution in [1.29, 1.82) is 0 Å². The smallest absolute Gasteiger partial charge is 0.332 e. The molecule has 1 aromatic carbocycles. The molecule has 0 aliphatic carbocycles. The summed E-state index contributed by atoms with van der Waals surface area (Å²) in [7, 11) is -8.80. The summed E-state index contributed by atoms with van der Waals surface area (Å²) in [6.45, 7) is 2.93. The van der Waals surface area contributed by atoms with E-state index in [1.807, 2.05) is 6.92 Å². The van der Waals surface area contributed by atoms with E-state index >= 15 is 0 Å². The minimum Gasteiger partial charge on any atom is -0.382 e. The van der Waals surface area contributed by atoms with Crippen molar-refractivity contribution in [3.63, 3.8) is 0 Å². The molecule has 114 valence electrons. The first-order valence-corrected chi connectivity index (χ1v) is 8.76. The van der Waals surface area contributed by atoms with Crippen LogP contribution in [0.15, 0.2) is 34.1 Å². The first kappa shape index (κ1) is 17.0. The predicted molar refractivity (Wildman–Crippen MR) is 71.0 cm³/mol. The van der Waals surface area contributed by atoms with Crippen molar-refractivity contribution in [1.82, 2.24) is 4.72 Å². The van der Waals surface area contributed by atoms with Crippen LogP contribution in [-0.4, -0.2) is 36.6 Å². The summed E-state index contributed by atoms with van der Waals surface area (Å²) in [5, 5.41) is 0. The molecule has 9 heteroatoms. The molecule has 0 saturated heterocycles. The van der Waals surface area contributed by atoms with E-state index in [9.17, 15) is 20.7 Å². The van der Waals surface area contributed by atoms with Gasteiger partial charge in [0.2, 0.25) is 10.0 Å². The maximum atomic E-state index is 12.8. The molecule has 1 aromatic rings. The number of benzene rings is 1. The van der Waals surface area contributed by atoms with Crippen LogP contribution in [0.3, 0.4) is 0 Å². The zero-order valence-corrected chi connectivity index (χ0v) is 12.5. The van der Waals surface area contributed by atoms with Gasteiger partial charge in [-0.05, 0) is 31.5 Å². The lowest BCUT2D eigenvalue weighted by Crippen LogP contribution is -2.25. The molecule has 0 amide bonds. The van der Waals surface area contributed by atoms with Crippen LogP contribution in [0.2, 0.25) is 0 Å². The number of ether oxygens (including phenoxy) is 1. The zero-order chi connectivity index (χ0) is 15.2. The monoisotopic (exact) mass is 325 g/mol. The molecule has 0 heterocycles. The summed E-state index contributed by atoms with van der Waals surface area (Å²) >= 11 is 0. The molecule has 0 aliphatic heterocycles.